The van der Waals surface area contributed by atoms with Gasteiger partial charge in [-0.1, -0.05) is 6.07 Å². The van der Waals surface area contributed by atoms with Crippen LogP contribution in [0.2, 0.25) is 0 Å². The highest BCUT2D eigenvalue weighted by Gasteiger charge is 2.51. The van der Waals surface area contributed by atoms with Crippen LogP contribution in [0.25, 0.3) is 22.2 Å². The van der Waals surface area contributed by atoms with Gasteiger partial charge >= 0.3 is 6.18 Å². The SMILES string of the molecule is CP(C)(=O)c1c(C#N)ccc2c(-c3nc(N[C@@H]4CCC45CNC5)ncc3C(F)(F)F)c[nH]c12. The Morgan fingerprint density at radius 2 is 2.06 bits per heavy atom. The second-order valence-corrected chi connectivity index (χ2v) is 12.4. The minimum atomic E-state index is -4.66. The zero-order chi connectivity index (χ0) is 23.6. The quantitative estimate of drug-likeness (QED) is 0.495. The van der Waals surface area contributed by atoms with Gasteiger partial charge in [-0.05, 0) is 32.2 Å². The number of H-pyrrole nitrogens is 1. The summed E-state index contributed by atoms with van der Waals surface area (Å²) in [5, 5.41) is 16.7. The van der Waals surface area contributed by atoms with Crippen molar-refractivity contribution in [3.8, 4) is 17.3 Å². The number of fused-ring (bicyclic) bond motifs is 1. The zero-order valence-electron chi connectivity index (χ0n) is 18.0. The van der Waals surface area contributed by atoms with Crippen molar-refractivity contribution in [2.75, 3.05) is 31.7 Å². The van der Waals surface area contributed by atoms with Crippen LogP contribution in [-0.4, -0.2) is 47.4 Å². The molecule has 2 fully saturated rings. The maximum absolute atomic E-state index is 13.9. The third kappa shape index (κ3) is 3.51. The molecule has 0 unspecified atom stereocenters. The molecule has 5 rings (SSSR count). The van der Waals surface area contributed by atoms with Crippen molar-refractivity contribution < 1.29 is 17.7 Å². The minimum absolute atomic E-state index is 0.113. The van der Waals surface area contributed by atoms with E-state index in [-0.39, 0.29) is 34.2 Å². The molecule has 1 aliphatic heterocycles. The van der Waals surface area contributed by atoms with Crippen LogP contribution in [-0.2, 0) is 10.7 Å². The fourth-order valence-electron chi connectivity index (χ4n) is 4.84. The summed E-state index contributed by atoms with van der Waals surface area (Å²) >= 11 is 0. The summed E-state index contributed by atoms with van der Waals surface area (Å²) in [4.78, 5) is 11.2. The van der Waals surface area contributed by atoms with Crippen LogP contribution in [0.5, 0.6) is 0 Å². The lowest BCUT2D eigenvalue weighted by Crippen LogP contribution is -2.67. The van der Waals surface area contributed by atoms with E-state index >= 15 is 0 Å². The van der Waals surface area contributed by atoms with Crippen molar-refractivity contribution >= 4 is 29.3 Å². The van der Waals surface area contributed by atoms with Crippen LogP contribution in [0.3, 0.4) is 0 Å². The molecule has 2 aromatic heterocycles. The van der Waals surface area contributed by atoms with Gasteiger partial charge in [-0.25, -0.2) is 9.97 Å². The highest BCUT2D eigenvalue weighted by molar-refractivity contribution is 7.70. The van der Waals surface area contributed by atoms with E-state index in [0.29, 0.717) is 16.2 Å². The summed E-state index contributed by atoms with van der Waals surface area (Å²) in [7, 11) is -2.90. The van der Waals surface area contributed by atoms with Crippen molar-refractivity contribution in [1.82, 2.24) is 20.3 Å². The molecule has 1 saturated carbocycles. The smallest absolute Gasteiger partial charge is 0.360 e. The molecule has 1 aromatic carbocycles. The number of anilines is 1. The lowest BCUT2D eigenvalue weighted by molar-refractivity contribution is -0.137. The molecule has 1 atom stereocenters. The van der Waals surface area contributed by atoms with Gasteiger partial charge in [0.25, 0.3) is 0 Å². The summed E-state index contributed by atoms with van der Waals surface area (Å²) < 4.78 is 54.5. The van der Waals surface area contributed by atoms with E-state index in [0.717, 1.165) is 32.1 Å². The van der Waals surface area contributed by atoms with Crippen LogP contribution in [0.15, 0.2) is 24.5 Å². The van der Waals surface area contributed by atoms with E-state index < -0.39 is 18.9 Å². The zero-order valence-corrected chi connectivity index (χ0v) is 18.9. The summed E-state index contributed by atoms with van der Waals surface area (Å²) in [6.45, 7) is 4.80. The fraction of sp³-hybridized carbons (Fsp3) is 0.409. The minimum Gasteiger partial charge on any atom is -0.360 e. The van der Waals surface area contributed by atoms with E-state index in [2.05, 4.69) is 25.6 Å². The van der Waals surface area contributed by atoms with Crippen molar-refractivity contribution in [3.05, 3.63) is 35.7 Å². The Kier molecular flexibility index (Phi) is 4.86. The van der Waals surface area contributed by atoms with Gasteiger partial charge in [0.05, 0.1) is 28.1 Å². The lowest BCUT2D eigenvalue weighted by atomic mass is 9.60. The number of hydrogen-bond acceptors (Lipinski definition) is 6. The number of nitrogens with zero attached hydrogens (tertiary/aromatic N) is 3. The van der Waals surface area contributed by atoms with Crippen LogP contribution < -0.4 is 15.9 Å². The molecule has 33 heavy (non-hydrogen) atoms. The van der Waals surface area contributed by atoms with Gasteiger partial charge in [0.15, 0.2) is 0 Å². The summed E-state index contributed by atoms with van der Waals surface area (Å²) in [5.41, 5.74) is -0.255. The fourth-order valence-corrected chi connectivity index (χ4v) is 6.27. The van der Waals surface area contributed by atoms with Gasteiger partial charge in [0, 0.05) is 47.9 Å². The van der Waals surface area contributed by atoms with Gasteiger partial charge in [-0.15, -0.1) is 0 Å². The normalized spacial score (nSPS) is 19.7. The Bertz CT molecular complexity index is 1340. The van der Waals surface area contributed by atoms with Gasteiger partial charge in [-0.3, -0.25) is 0 Å². The molecule has 0 bridgehead atoms. The molecule has 2 aliphatic rings. The predicted molar refractivity (Wildman–Crippen MR) is 120 cm³/mol. The maximum Gasteiger partial charge on any atom is 0.419 e. The number of nitriles is 1. The molecule has 3 N–H and O–H groups in total. The molecule has 1 aliphatic carbocycles. The first kappa shape index (κ1) is 21.9. The van der Waals surface area contributed by atoms with Crippen molar-refractivity contribution in [2.24, 2.45) is 5.41 Å². The van der Waals surface area contributed by atoms with Crippen LogP contribution in [0.4, 0.5) is 19.1 Å². The maximum atomic E-state index is 13.9. The summed E-state index contributed by atoms with van der Waals surface area (Å²) in [6.07, 6.45) is -0.452. The van der Waals surface area contributed by atoms with Gasteiger partial charge < -0.3 is 20.2 Å². The molecule has 0 radical (unpaired) electrons. The van der Waals surface area contributed by atoms with Crippen LogP contribution in [0.1, 0.15) is 24.0 Å². The first-order valence-corrected chi connectivity index (χ1v) is 13.2. The molecule has 11 heteroatoms. The van der Waals surface area contributed by atoms with Crippen molar-refractivity contribution in [1.29, 1.82) is 5.26 Å². The first-order chi connectivity index (χ1) is 15.5. The van der Waals surface area contributed by atoms with E-state index in [1.54, 1.807) is 6.07 Å². The molecule has 3 heterocycles. The Hall–Kier alpha value is -2.89. The van der Waals surface area contributed by atoms with E-state index in [1.165, 1.54) is 25.6 Å². The lowest BCUT2D eigenvalue weighted by Gasteiger charge is -2.56. The van der Waals surface area contributed by atoms with Gasteiger partial charge in [0.1, 0.15) is 12.7 Å². The third-order valence-electron chi connectivity index (χ3n) is 6.76. The molecule has 1 spiro atoms. The Labute approximate surface area is 188 Å². The number of aromatic amines is 1. The Morgan fingerprint density at radius 1 is 1.30 bits per heavy atom. The number of nitrogens with one attached hydrogen (secondary N) is 3. The first-order valence-electron chi connectivity index (χ1n) is 10.6. The predicted octanol–water partition coefficient (Wildman–Crippen LogP) is 3.93. The van der Waals surface area contributed by atoms with Gasteiger partial charge in [0.2, 0.25) is 5.95 Å². The Morgan fingerprint density at radius 3 is 2.61 bits per heavy atom. The molecule has 7 nitrogen and oxygen atoms in total. The molecular formula is C22H22F3N6OP. The van der Waals surface area contributed by atoms with Crippen LogP contribution in [0, 0.1) is 16.7 Å². The molecule has 0 amide bonds. The number of aromatic nitrogens is 3. The average Bonchev–Trinajstić information content (AvgIpc) is 3.11. The second-order valence-electron chi connectivity index (χ2n) is 9.20. The van der Waals surface area contributed by atoms with Crippen molar-refractivity contribution in [2.45, 2.75) is 25.1 Å². The standard InChI is InChI=1S/C22H22F3N6OP/c1-33(2,32)19-12(7-26)3-4-13-14(8-28-18(13)19)17-15(22(23,24)25)9-29-20(31-17)30-16-5-6-21(16)10-27-11-21/h3-4,8-9,16,27-28H,5-6,10-11H2,1-2H3,(H,29,30,31)/t16-/m1/s1. The van der Waals surface area contributed by atoms with Crippen molar-refractivity contribution in [3.63, 3.8) is 0 Å². The van der Waals surface area contributed by atoms with E-state index in [1.807, 2.05) is 6.07 Å². The topological polar surface area (TPSA) is 106 Å². The third-order valence-corrected chi connectivity index (χ3v) is 8.31. The highest BCUT2D eigenvalue weighted by Crippen LogP contribution is 2.46. The molecular weight excluding hydrogens is 452 g/mol. The number of benzene rings is 1. The average molecular weight is 474 g/mol. The second kappa shape index (κ2) is 7.31. The monoisotopic (exact) mass is 474 g/mol. The summed E-state index contributed by atoms with van der Waals surface area (Å²) in [5.74, 6) is 0.147. The summed E-state index contributed by atoms with van der Waals surface area (Å²) in [6, 6.07) is 5.20. The molecule has 1 saturated heterocycles. The molecule has 172 valence electrons. The van der Waals surface area contributed by atoms with E-state index in [9.17, 15) is 23.0 Å². The number of alkyl halides is 3. The highest BCUT2D eigenvalue weighted by atomic mass is 31.2. The van der Waals surface area contributed by atoms with Gasteiger partial charge in [-0.2, -0.15) is 18.4 Å². The number of rotatable bonds is 4. The van der Waals surface area contributed by atoms with E-state index in [4.69, 9.17) is 0 Å². The number of hydrogen-bond donors (Lipinski definition) is 3. The largest absolute Gasteiger partial charge is 0.419 e. The Balaban J connectivity index is 1.65. The number of halogens is 3. The molecule has 3 aromatic rings. The van der Waals surface area contributed by atoms with Crippen LogP contribution >= 0.6 is 7.14 Å².